The van der Waals surface area contributed by atoms with Crippen LogP contribution in [0.5, 0.6) is 0 Å². The molecule has 6 heteroatoms. The second kappa shape index (κ2) is 7.28. The number of aliphatic hydroxyl groups excluding tert-OH is 1. The number of rotatable bonds is 6. The summed E-state index contributed by atoms with van der Waals surface area (Å²) in [7, 11) is 0. The number of hydrogen-bond acceptors (Lipinski definition) is 5. The maximum atomic E-state index is 11.8. The molecule has 1 amide bonds. The smallest absolute Gasteiger partial charge is 0.234 e. The van der Waals surface area contributed by atoms with Gasteiger partial charge in [-0.2, -0.15) is 0 Å². The Balaban J connectivity index is 1.63. The van der Waals surface area contributed by atoms with Crippen LogP contribution in [-0.2, 0) is 11.3 Å². The van der Waals surface area contributed by atoms with E-state index in [1.807, 2.05) is 12.1 Å². The van der Waals surface area contributed by atoms with E-state index in [1.165, 1.54) is 0 Å². The van der Waals surface area contributed by atoms with Crippen molar-refractivity contribution in [1.29, 1.82) is 0 Å². The number of hydrogen-bond donors (Lipinski definition) is 2. The maximum absolute atomic E-state index is 11.8. The first-order chi connectivity index (χ1) is 9.28. The van der Waals surface area contributed by atoms with Gasteiger partial charge < -0.3 is 14.8 Å². The van der Waals surface area contributed by atoms with Crippen molar-refractivity contribution in [3.05, 3.63) is 24.2 Å². The third kappa shape index (κ3) is 4.66. The second-order valence-corrected chi connectivity index (χ2v) is 4.70. The van der Waals surface area contributed by atoms with Gasteiger partial charge in [0.1, 0.15) is 5.76 Å². The highest BCUT2D eigenvalue weighted by molar-refractivity contribution is 5.77. The molecule has 2 heterocycles. The minimum Gasteiger partial charge on any atom is -0.467 e. The molecule has 1 fully saturated rings. The van der Waals surface area contributed by atoms with Crippen molar-refractivity contribution in [2.75, 3.05) is 45.9 Å². The van der Waals surface area contributed by atoms with E-state index in [0.717, 1.165) is 38.5 Å². The largest absolute Gasteiger partial charge is 0.467 e. The Labute approximate surface area is 113 Å². The first kappa shape index (κ1) is 14.0. The van der Waals surface area contributed by atoms with E-state index in [2.05, 4.69) is 15.1 Å². The SMILES string of the molecule is O=C(CN1CCN(CCO)CC1)NCc1ccco1. The summed E-state index contributed by atoms with van der Waals surface area (Å²) in [5, 5.41) is 11.7. The standard InChI is InChI=1S/C13H21N3O3/c17-8-7-15-3-5-16(6-4-15)11-13(18)14-10-12-2-1-9-19-12/h1-2,9,17H,3-8,10-11H2,(H,14,18). The van der Waals surface area contributed by atoms with Gasteiger partial charge in [-0.15, -0.1) is 0 Å². The summed E-state index contributed by atoms with van der Waals surface area (Å²) in [5.74, 6) is 0.785. The van der Waals surface area contributed by atoms with Crippen molar-refractivity contribution >= 4 is 5.91 Å². The second-order valence-electron chi connectivity index (χ2n) is 4.70. The van der Waals surface area contributed by atoms with Gasteiger partial charge in [0.15, 0.2) is 0 Å². The van der Waals surface area contributed by atoms with E-state index in [4.69, 9.17) is 9.52 Å². The Hall–Kier alpha value is -1.37. The third-order valence-electron chi connectivity index (χ3n) is 3.29. The molecule has 0 spiro atoms. The molecule has 1 aromatic rings. The summed E-state index contributed by atoms with van der Waals surface area (Å²) in [6.45, 7) is 5.34. The van der Waals surface area contributed by atoms with Crippen LogP contribution in [0.15, 0.2) is 22.8 Å². The molecule has 106 valence electrons. The zero-order chi connectivity index (χ0) is 13.5. The van der Waals surface area contributed by atoms with Crippen molar-refractivity contribution in [2.45, 2.75) is 6.54 Å². The lowest BCUT2D eigenvalue weighted by Crippen LogP contribution is -2.49. The number of carbonyl (C=O) groups is 1. The molecule has 1 aliphatic rings. The molecule has 1 saturated heterocycles. The average Bonchev–Trinajstić information content (AvgIpc) is 2.92. The summed E-state index contributed by atoms with van der Waals surface area (Å²) >= 11 is 0. The van der Waals surface area contributed by atoms with Crippen LogP contribution < -0.4 is 5.32 Å². The summed E-state index contributed by atoms with van der Waals surface area (Å²) in [6.07, 6.45) is 1.60. The van der Waals surface area contributed by atoms with Crippen LogP contribution >= 0.6 is 0 Å². The first-order valence-electron chi connectivity index (χ1n) is 6.62. The zero-order valence-electron chi connectivity index (χ0n) is 11.0. The van der Waals surface area contributed by atoms with Crippen LogP contribution in [0.3, 0.4) is 0 Å². The highest BCUT2D eigenvalue weighted by Crippen LogP contribution is 2.01. The molecule has 0 unspecified atom stereocenters. The molecule has 0 radical (unpaired) electrons. The van der Waals surface area contributed by atoms with E-state index in [9.17, 15) is 4.79 Å². The van der Waals surface area contributed by atoms with Crippen LogP contribution in [0.4, 0.5) is 0 Å². The van der Waals surface area contributed by atoms with Crippen LogP contribution in [0.2, 0.25) is 0 Å². The Kier molecular flexibility index (Phi) is 5.38. The maximum Gasteiger partial charge on any atom is 0.234 e. The van der Waals surface area contributed by atoms with E-state index in [-0.39, 0.29) is 12.5 Å². The fourth-order valence-electron chi connectivity index (χ4n) is 2.17. The van der Waals surface area contributed by atoms with Gasteiger partial charge in [0.2, 0.25) is 5.91 Å². The molecule has 0 saturated carbocycles. The number of amides is 1. The summed E-state index contributed by atoms with van der Waals surface area (Å²) in [6, 6.07) is 3.65. The van der Waals surface area contributed by atoms with Gasteiger partial charge in [0.05, 0.1) is 26.0 Å². The van der Waals surface area contributed by atoms with E-state index in [0.29, 0.717) is 13.1 Å². The lowest BCUT2D eigenvalue weighted by atomic mass is 10.3. The van der Waals surface area contributed by atoms with Gasteiger partial charge in [0.25, 0.3) is 0 Å². The van der Waals surface area contributed by atoms with Crippen molar-refractivity contribution < 1.29 is 14.3 Å². The predicted molar refractivity (Wildman–Crippen MR) is 70.5 cm³/mol. The normalized spacial score (nSPS) is 17.5. The molecule has 0 aliphatic carbocycles. The highest BCUT2D eigenvalue weighted by Gasteiger charge is 2.18. The monoisotopic (exact) mass is 267 g/mol. The Morgan fingerprint density at radius 3 is 2.68 bits per heavy atom. The molecule has 0 aromatic carbocycles. The third-order valence-corrected chi connectivity index (χ3v) is 3.29. The van der Waals surface area contributed by atoms with Crippen molar-refractivity contribution in [3.8, 4) is 0 Å². The number of β-amino-alcohol motifs (C(OH)–C–C–N with tert-alkyl or cyclic N) is 1. The minimum atomic E-state index is 0.0204. The van der Waals surface area contributed by atoms with Gasteiger partial charge >= 0.3 is 0 Å². The number of piperazine rings is 1. The molecule has 1 aromatic heterocycles. The van der Waals surface area contributed by atoms with E-state index >= 15 is 0 Å². The Bertz CT molecular complexity index is 372. The molecule has 2 rings (SSSR count). The number of nitrogens with one attached hydrogen (secondary N) is 1. The molecule has 1 aliphatic heterocycles. The average molecular weight is 267 g/mol. The summed E-state index contributed by atoms with van der Waals surface area (Å²) < 4.78 is 5.16. The number of carbonyl (C=O) groups excluding carboxylic acids is 1. The van der Waals surface area contributed by atoms with E-state index < -0.39 is 0 Å². The fraction of sp³-hybridized carbons (Fsp3) is 0.615. The fourth-order valence-corrected chi connectivity index (χ4v) is 2.17. The van der Waals surface area contributed by atoms with Gasteiger partial charge in [-0.1, -0.05) is 0 Å². The van der Waals surface area contributed by atoms with Crippen LogP contribution in [0.25, 0.3) is 0 Å². The van der Waals surface area contributed by atoms with Gasteiger partial charge in [-0.3, -0.25) is 14.6 Å². The minimum absolute atomic E-state index is 0.0204. The number of nitrogens with zero attached hydrogens (tertiary/aromatic N) is 2. The summed E-state index contributed by atoms with van der Waals surface area (Å²) in [5.41, 5.74) is 0. The van der Waals surface area contributed by atoms with E-state index in [1.54, 1.807) is 6.26 Å². The number of furan rings is 1. The van der Waals surface area contributed by atoms with Crippen molar-refractivity contribution in [1.82, 2.24) is 15.1 Å². The Morgan fingerprint density at radius 1 is 1.32 bits per heavy atom. The first-order valence-corrected chi connectivity index (χ1v) is 6.62. The van der Waals surface area contributed by atoms with Gasteiger partial charge in [-0.25, -0.2) is 0 Å². The molecule has 0 bridgehead atoms. The molecular formula is C13H21N3O3. The molecule has 6 nitrogen and oxygen atoms in total. The molecular weight excluding hydrogens is 246 g/mol. The Morgan fingerprint density at radius 2 is 2.05 bits per heavy atom. The van der Waals surface area contributed by atoms with Crippen molar-refractivity contribution in [3.63, 3.8) is 0 Å². The van der Waals surface area contributed by atoms with Crippen LogP contribution in [0, 0.1) is 0 Å². The predicted octanol–water partition coefficient (Wildman–Crippen LogP) is -0.494. The van der Waals surface area contributed by atoms with Crippen molar-refractivity contribution in [2.24, 2.45) is 0 Å². The van der Waals surface area contributed by atoms with Gasteiger partial charge in [0, 0.05) is 32.7 Å². The number of aliphatic hydroxyl groups is 1. The topological polar surface area (TPSA) is 69.0 Å². The highest BCUT2D eigenvalue weighted by atomic mass is 16.3. The summed E-state index contributed by atoms with van der Waals surface area (Å²) in [4.78, 5) is 16.1. The van der Waals surface area contributed by atoms with Crippen LogP contribution in [-0.4, -0.2) is 66.7 Å². The molecule has 19 heavy (non-hydrogen) atoms. The van der Waals surface area contributed by atoms with Gasteiger partial charge in [-0.05, 0) is 12.1 Å². The van der Waals surface area contributed by atoms with Crippen LogP contribution in [0.1, 0.15) is 5.76 Å². The molecule has 2 N–H and O–H groups in total. The zero-order valence-corrected chi connectivity index (χ0v) is 11.0. The molecule has 0 atom stereocenters. The lowest BCUT2D eigenvalue weighted by molar-refractivity contribution is -0.122. The quantitative estimate of drug-likeness (QED) is 0.727. The lowest BCUT2D eigenvalue weighted by Gasteiger charge is -2.33.